The van der Waals surface area contributed by atoms with E-state index in [1.165, 1.54) is 0 Å². The number of carbonyl (C=O) groups is 5. The number of urea groups is 1. The number of rotatable bonds is 17. The molecule has 4 amide bonds. The molecule has 3 atom stereocenters. The monoisotopic (exact) mass is 484 g/mol. The molecule has 11 heteroatoms. The number of amides is 4. The summed E-state index contributed by atoms with van der Waals surface area (Å²) in [6.07, 6.45) is 5.71. The summed E-state index contributed by atoms with van der Waals surface area (Å²) >= 11 is 1.88. The predicted octanol–water partition coefficient (Wildman–Crippen LogP) is 0.536. The second kappa shape index (κ2) is 14.2. The molecule has 33 heavy (non-hydrogen) atoms. The summed E-state index contributed by atoms with van der Waals surface area (Å²) in [4.78, 5) is 56.6. The lowest BCUT2D eigenvalue weighted by molar-refractivity contribution is -0.127. The molecule has 2 aliphatic rings. The topological polar surface area (TPSA) is 143 Å². The van der Waals surface area contributed by atoms with Crippen molar-refractivity contribution in [2.45, 2.75) is 69.2 Å². The predicted molar refractivity (Wildman–Crippen MR) is 125 cm³/mol. The van der Waals surface area contributed by atoms with Crippen LogP contribution in [0.3, 0.4) is 0 Å². The van der Waals surface area contributed by atoms with E-state index in [2.05, 4.69) is 21.3 Å². The van der Waals surface area contributed by atoms with Gasteiger partial charge in [0.1, 0.15) is 19.2 Å². The summed E-state index contributed by atoms with van der Waals surface area (Å²) in [6.45, 7) is 2.69. The molecule has 2 rings (SSSR count). The SMILES string of the molecule is CC(CC=O)(CC=O)COCC(=O)NCCCNC(=O)CCCC[C@@H]1SC[C@@H]2NC(=O)N[C@@H]21. The molecule has 0 saturated carbocycles. The second-order valence-electron chi connectivity index (χ2n) is 8.97. The van der Waals surface area contributed by atoms with Crippen LogP contribution in [-0.2, 0) is 23.9 Å². The lowest BCUT2D eigenvalue weighted by atomic mass is 9.85. The maximum Gasteiger partial charge on any atom is 0.315 e. The maximum atomic E-state index is 12.0. The number of hydrogen-bond donors (Lipinski definition) is 4. The molecule has 0 unspecified atom stereocenters. The molecule has 0 bridgehead atoms. The molecule has 2 aliphatic heterocycles. The Balaban J connectivity index is 1.44. The van der Waals surface area contributed by atoms with Crippen molar-refractivity contribution in [3.8, 4) is 0 Å². The Hall–Kier alpha value is -2.14. The number of carbonyl (C=O) groups excluding carboxylic acids is 5. The summed E-state index contributed by atoms with van der Waals surface area (Å²) in [5.74, 6) is 0.667. The van der Waals surface area contributed by atoms with Crippen molar-refractivity contribution in [2.24, 2.45) is 5.41 Å². The van der Waals surface area contributed by atoms with Crippen LogP contribution in [0.5, 0.6) is 0 Å². The third kappa shape index (κ3) is 9.71. The first-order valence-corrected chi connectivity index (χ1v) is 12.6. The van der Waals surface area contributed by atoms with Crippen LogP contribution < -0.4 is 21.3 Å². The molecule has 0 aromatic carbocycles. The maximum absolute atomic E-state index is 12.0. The van der Waals surface area contributed by atoms with Gasteiger partial charge in [0.15, 0.2) is 0 Å². The van der Waals surface area contributed by atoms with Gasteiger partial charge in [0.25, 0.3) is 0 Å². The highest BCUT2D eigenvalue weighted by molar-refractivity contribution is 8.00. The Kier molecular flexibility index (Phi) is 11.7. The zero-order chi connectivity index (χ0) is 24.1. The van der Waals surface area contributed by atoms with E-state index in [4.69, 9.17) is 4.74 Å². The van der Waals surface area contributed by atoms with E-state index in [1.807, 2.05) is 11.8 Å². The van der Waals surface area contributed by atoms with Crippen LogP contribution in [0.25, 0.3) is 0 Å². The van der Waals surface area contributed by atoms with E-state index in [0.29, 0.717) is 31.2 Å². The van der Waals surface area contributed by atoms with Crippen LogP contribution in [0, 0.1) is 5.41 Å². The molecule has 0 radical (unpaired) electrons. The van der Waals surface area contributed by atoms with Gasteiger partial charge in [0, 0.05) is 48.8 Å². The molecule has 10 nitrogen and oxygen atoms in total. The molecule has 2 fully saturated rings. The fraction of sp³-hybridized carbons (Fsp3) is 0.773. The Morgan fingerprint density at radius 3 is 2.48 bits per heavy atom. The van der Waals surface area contributed by atoms with Gasteiger partial charge >= 0.3 is 6.03 Å². The number of ether oxygens (including phenoxy) is 1. The van der Waals surface area contributed by atoms with E-state index in [-0.39, 0.29) is 56.0 Å². The van der Waals surface area contributed by atoms with Gasteiger partial charge in [-0.3, -0.25) is 9.59 Å². The minimum Gasteiger partial charge on any atom is -0.371 e. The van der Waals surface area contributed by atoms with Crippen LogP contribution in [-0.4, -0.2) is 79.8 Å². The van der Waals surface area contributed by atoms with Crippen molar-refractivity contribution < 1.29 is 28.7 Å². The summed E-state index contributed by atoms with van der Waals surface area (Å²) < 4.78 is 5.36. The van der Waals surface area contributed by atoms with Crippen LogP contribution in [0.4, 0.5) is 4.79 Å². The number of hydrogen-bond acceptors (Lipinski definition) is 7. The number of nitrogens with one attached hydrogen (secondary N) is 4. The fourth-order valence-electron chi connectivity index (χ4n) is 3.95. The van der Waals surface area contributed by atoms with Crippen molar-refractivity contribution in [3.63, 3.8) is 0 Å². The minimum atomic E-state index is -0.587. The highest BCUT2D eigenvalue weighted by atomic mass is 32.2. The van der Waals surface area contributed by atoms with Gasteiger partial charge in [-0.2, -0.15) is 11.8 Å². The minimum absolute atomic E-state index is 0.00193. The van der Waals surface area contributed by atoms with E-state index >= 15 is 0 Å². The lowest BCUT2D eigenvalue weighted by Crippen LogP contribution is -2.36. The molecule has 0 aromatic rings. The summed E-state index contributed by atoms with van der Waals surface area (Å²) in [5, 5.41) is 11.9. The summed E-state index contributed by atoms with van der Waals surface area (Å²) in [6, 6.07) is 0.354. The highest BCUT2D eigenvalue weighted by Crippen LogP contribution is 2.33. The lowest BCUT2D eigenvalue weighted by Gasteiger charge is -2.24. The first-order chi connectivity index (χ1) is 15.9. The third-order valence-corrected chi connectivity index (χ3v) is 7.42. The van der Waals surface area contributed by atoms with Gasteiger partial charge in [0.05, 0.1) is 18.7 Å². The fourth-order valence-corrected chi connectivity index (χ4v) is 5.49. The summed E-state index contributed by atoms with van der Waals surface area (Å²) in [7, 11) is 0. The van der Waals surface area contributed by atoms with E-state index in [9.17, 15) is 24.0 Å². The third-order valence-electron chi connectivity index (χ3n) is 5.91. The quantitative estimate of drug-likeness (QED) is 0.134. The first kappa shape index (κ1) is 27.1. The average molecular weight is 485 g/mol. The van der Waals surface area contributed by atoms with Gasteiger partial charge in [-0.05, 0) is 19.3 Å². The van der Waals surface area contributed by atoms with Crippen LogP contribution >= 0.6 is 11.8 Å². The zero-order valence-electron chi connectivity index (χ0n) is 19.2. The molecule has 4 N–H and O–H groups in total. The number of fused-ring (bicyclic) bond motifs is 1. The molecule has 0 aliphatic carbocycles. The summed E-state index contributed by atoms with van der Waals surface area (Å²) in [5.41, 5.74) is -0.587. The van der Waals surface area contributed by atoms with E-state index in [0.717, 1.165) is 37.6 Å². The Morgan fingerprint density at radius 2 is 1.79 bits per heavy atom. The Labute approximate surface area is 199 Å². The molecule has 186 valence electrons. The van der Waals surface area contributed by atoms with Crippen molar-refractivity contribution in [1.82, 2.24) is 21.3 Å². The van der Waals surface area contributed by atoms with Crippen molar-refractivity contribution in [1.29, 1.82) is 0 Å². The van der Waals surface area contributed by atoms with Crippen LogP contribution in [0.15, 0.2) is 0 Å². The van der Waals surface area contributed by atoms with Gasteiger partial charge in [0.2, 0.25) is 11.8 Å². The van der Waals surface area contributed by atoms with Gasteiger partial charge in [-0.25, -0.2) is 4.79 Å². The largest absolute Gasteiger partial charge is 0.371 e. The van der Waals surface area contributed by atoms with Crippen LogP contribution in [0.2, 0.25) is 0 Å². The Morgan fingerprint density at radius 1 is 1.09 bits per heavy atom. The van der Waals surface area contributed by atoms with Crippen molar-refractivity contribution >= 4 is 42.2 Å². The normalized spacial score (nSPS) is 21.6. The van der Waals surface area contributed by atoms with E-state index in [1.54, 1.807) is 6.92 Å². The smallest absolute Gasteiger partial charge is 0.315 e. The molecule has 2 saturated heterocycles. The molecule has 0 spiro atoms. The van der Waals surface area contributed by atoms with E-state index < -0.39 is 5.41 Å². The Bertz CT molecular complexity index is 682. The average Bonchev–Trinajstić information content (AvgIpc) is 3.30. The van der Waals surface area contributed by atoms with Gasteiger partial charge in [-0.15, -0.1) is 0 Å². The molecular weight excluding hydrogens is 448 g/mol. The first-order valence-electron chi connectivity index (χ1n) is 11.5. The highest BCUT2D eigenvalue weighted by Gasteiger charge is 2.42. The van der Waals surface area contributed by atoms with Crippen molar-refractivity contribution in [3.05, 3.63) is 0 Å². The van der Waals surface area contributed by atoms with Gasteiger partial charge in [-0.1, -0.05) is 13.3 Å². The van der Waals surface area contributed by atoms with Gasteiger partial charge < -0.3 is 35.6 Å². The molecular formula is C22H36N4O6S. The zero-order valence-corrected chi connectivity index (χ0v) is 20.0. The molecule has 0 aromatic heterocycles. The number of unbranched alkanes of at least 4 members (excludes halogenated alkanes) is 1. The van der Waals surface area contributed by atoms with Crippen molar-refractivity contribution in [2.75, 3.05) is 32.1 Å². The number of aldehydes is 2. The second-order valence-corrected chi connectivity index (χ2v) is 10.2. The van der Waals surface area contributed by atoms with Crippen LogP contribution in [0.1, 0.15) is 51.9 Å². The molecule has 2 heterocycles. The standard InChI is InChI=1S/C22H36N4O6S/c1-22(7-11-27,8-12-28)15-32-13-19(30)24-10-4-9-23-18(29)6-3-2-5-17-20-16(14-33-17)25-21(31)26-20/h11-12,16-17,20H,2-10,13-15H2,1H3,(H,23,29)(H,24,30)(H2,25,26,31)/t16-,17-,20-/m0/s1. The number of thioether (sulfide) groups is 1.